The zero-order valence-electron chi connectivity index (χ0n) is 28.7. The molecular formula is C39H57NO6. The Morgan fingerprint density at radius 1 is 0.804 bits per heavy atom. The molecule has 1 aromatic rings. The van der Waals surface area contributed by atoms with Crippen LogP contribution in [0, 0.1) is 5.92 Å². The van der Waals surface area contributed by atoms with Gasteiger partial charge in [0.1, 0.15) is 23.0 Å². The minimum Gasteiger partial charge on any atom is -0.478 e. The van der Waals surface area contributed by atoms with Crippen LogP contribution < -0.4 is 10.1 Å². The molecule has 0 aliphatic carbocycles. The van der Waals surface area contributed by atoms with Crippen molar-refractivity contribution in [3.63, 3.8) is 0 Å². The van der Waals surface area contributed by atoms with Gasteiger partial charge in [-0.15, -0.1) is 0 Å². The normalized spacial score (nSPS) is 13.2. The number of para-hydroxylation sites is 1. The molecule has 1 unspecified atom stereocenters. The average Bonchev–Trinajstić information content (AvgIpc) is 3.03. The predicted molar refractivity (Wildman–Crippen MR) is 188 cm³/mol. The van der Waals surface area contributed by atoms with E-state index in [-0.39, 0.29) is 23.1 Å². The molecule has 2 N–H and O–H groups in total. The first-order chi connectivity index (χ1) is 22.2. The van der Waals surface area contributed by atoms with Gasteiger partial charge in [-0.3, -0.25) is 4.79 Å². The average molecular weight is 636 g/mol. The second kappa shape index (κ2) is 24.5. The molecule has 0 saturated heterocycles. The molecule has 0 radical (unpaired) electrons. The summed E-state index contributed by atoms with van der Waals surface area (Å²) in [6.07, 6.45) is 30.7. The van der Waals surface area contributed by atoms with Crippen molar-refractivity contribution in [2.24, 2.45) is 5.92 Å². The van der Waals surface area contributed by atoms with Crippen molar-refractivity contribution < 1.29 is 29.0 Å². The third kappa shape index (κ3) is 16.6. The number of carbonyl (C=O) groups excluding carboxylic acids is 2. The molecule has 0 aliphatic heterocycles. The van der Waals surface area contributed by atoms with Crippen LogP contribution in [-0.4, -0.2) is 41.2 Å². The lowest BCUT2D eigenvalue weighted by atomic mass is 9.94. The zero-order valence-corrected chi connectivity index (χ0v) is 28.7. The topological polar surface area (TPSA) is 102 Å². The van der Waals surface area contributed by atoms with E-state index >= 15 is 0 Å². The molecular weight excluding hydrogens is 578 g/mol. The zero-order chi connectivity index (χ0) is 34.0. The van der Waals surface area contributed by atoms with Crippen LogP contribution >= 0.6 is 0 Å². The van der Waals surface area contributed by atoms with E-state index in [1.54, 1.807) is 12.1 Å². The van der Waals surface area contributed by atoms with E-state index in [4.69, 9.17) is 9.47 Å². The van der Waals surface area contributed by atoms with Gasteiger partial charge in [-0.1, -0.05) is 108 Å². The highest BCUT2D eigenvalue weighted by Crippen LogP contribution is 2.24. The number of carboxylic acid groups (broad SMARTS) is 1. The molecule has 0 aromatic heterocycles. The third-order valence-electron chi connectivity index (χ3n) is 7.48. The van der Waals surface area contributed by atoms with Gasteiger partial charge in [-0.2, -0.15) is 0 Å². The van der Waals surface area contributed by atoms with Gasteiger partial charge in [-0.05, 0) is 88.7 Å². The Hall–Kier alpha value is -3.71. The highest BCUT2D eigenvalue weighted by atomic mass is 16.5. The van der Waals surface area contributed by atoms with Crippen LogP contribution in [0.3, 0.4) is 0 Å². The number of esters is 1. The van der Waals surface area contributed by atoms with Crippen molar-refractivity contribution in [3.05, 3.63) is 90.6 Å². The largest absolute Gasteiger partial charge is 0.478 e. The van der Waals surface area contributed by atoms with Crippen molar-refractivity contribution in [2.75, 3.05) is 6.61 Å². The molecule has 1 aromatic carbocycles. The number of aromatic carboxylic acids is 1. The third-order valence-corrected chi connectivity index (χ3v) is 7.48. The number of ether oxygens (including phenoxy) is 2. The summed E-state index contributed by atoms with van der Waals surface area (Å²) >= 11 is 0. The number of benzene rings is 1. The number of carbonyl (C=O) groups is 3. The maximum absolute atomic E-state index is 13.5. The summed E-state index contributed by atoms with van der Waals surface area (Å²) < 4.78 is 11.6. The van der Waals surface area contributed by atoms with E-state index in [1.807, 2.05) is 27.7 Å². The monoisotopic (exact) mass is 635 g/mol. The minimum absolute atomic E-state index is 0.0518. The summed E-state index contributed by atoms with van der Waals surface area (Å²) in [6, 6.07) is 5.02. The molecule has 0 aliphatic rings. The Morgan fingerprint density at radius 3 is 1.87 bits per heavy atom. The quantitative estimate of drug-likeness (QED) is 0.0508. The number of allylic oxidation sites excluding steroid dienone is 10. The molecule has 46 heavy (non-hydrogen) atoms. The van der Waals surface area contributed by atoms with Crippen LogP contribution in [0.4, 0.5) is 0 Å². The first-order valence-corrected chi connectivity index (χ1v) is 16.9. The first kappa shape index (κ1) is 40.3. The van der Waals surface area contributed by atoms with Gasteiger partial charge in [0.25, 0.3) is 5.91 Å². The van der Waals surface area contributed by atoms with E-state index in [9.17, 15) is 19.5 Å². The van der Waals surface area contributed by atoms with Crippen LogP contribution in [0.1, 0.15) is 116 Å². The number of unbranched alkanes of at least 4 members (excludes halogenated alkanes) is 2. The van der Waals surface area contributed by atoms with E-state index in [1.165, 1.54) is 12.1 Å². The van der Waals surface area contributed by atoms with Crippen molar-refractivity contribution in [1.29, 1.82) is 0 Å². The summed E-state index contributed by atoms with van der Waals surface area (Å²) in [5.74, 6) is -2.22. The molecule has 0 heterocycles. The maximum atomic E-state index is 13.5. The standard InChI is InChI=1S/C39H57NO6/c1-6-9-10-11-12-13-14-15-16-17-18-19-20-21-22-23-24-27-30-45-39(7-2,8-3)38(44)40-34(31-32(4)5)37(43)46-35-29-26-25-28-33(35)36(41)42/h9-10,12-13,15-16,18-19,21-22,25-26,28-29,32,34H,6-8,11,14,17,20,23-24,27,30-31H2,1-5H3,(H,40,44)(H,41,42)/b10-9-,13-12-,16-15-,19-18-,22-21-. The number of amides is 1. The van der Waals surface area contributed by atoms with Crippen LogP contribution in [0.15, 0.2) is 85.0 Å². The number of hydrogen-bond donors (Lipinski definition) is 2. The molecule has 254 valence electrons. The molecule has 7 heteroatoms. The van der Waals surface area contributed by atoms with Crippen molar-refractivity contribution in [3.8, 4) is 5.75 Å². The van der Waals surface area contributed by atoms with E-state index in [0.29, 0.717) is 25.9 Å². The molecule has 0 fully saturated rings. The fourth-order valence-electron chi connectivity index (χ4n) is 4.73. The lowest BCUT2D eigenvalue weighted by Crippen LogP contribution is -2.54. The van der Waals surface area contributed by atoms with Gasteiger partial charge in [-0.25, -0.2) is 9.59 Å². The first-order valence-electron chi connectivity index (χ1n) is 16.9. The Balaban J connectivity index is 2.50. The van der Waals surface area contributed by atoms with Crippen molar-refractivity contribution in [1.82, 2.24) is 5.32 Å². The SMILES string of the molecule is CC/C=C\C/C=C\C/C=C\C/C=C\C/C=C\CCCCOC(CC)(CC)C(=O)NC(CC(C)C)C(=O)Oc1ccccc1C(=O)O. The summed E-state index contributed by atoms with van der Waals surface area (Å²) in [5.41, 5.74) is -1.18. The summed E-state index contributed by atoms with van der Waals surface area (Å²) in [6.45, 7) is 10.3. The minimum atomic E-state index is -1.20. The summed E-state index contributed by atoms with van der Waals surface area (Å²) in [5, 5.41) is 12.3. The molecule has 0 saturated carbocycles. The smallest absolute Gasteiger partial charge is 0.339 e. The van der Waals surface area contributed by atoms with Crippen LogP contribution in [0.25, 0.3) is 0 Å². The van der Waals surface area contributed by atoms with Gasteiger partial charge >= 0.3 is 11.9 Å². The van der Waals surface area contributed by atoms with Gasteiger partial charge in [0, 0.05) is 6.61 Å². The van der Waals surface area contributed by atoms with E-state index in [2.05, 4.69) is 73.0 Å². The maximum Gasteiger partial charge on any atom is 0.339 e. The van der Waals surface area contributed by atoms with Crippen molar-refractivity contribution >= 4 is 17.8 Å². The predicted octanol–water partition coefficient (Wildman–Crippen LogP) is 9.32. The van der Waals surface area contributed by atoms with Crippen LogP contribution in [-0.2, 0) is 14.3 Å². The van der Waals surface area contributed by atoms with Gasteiger partial charge in [0.2, 0.25) is 0 Å². The molecule has 1 rings (SSSR count). The summed E-state index contributed by atoms with van der Waals surface area (Å²) in [4.78, 5) is 38.2. The molecule has 7 nitrogen and oxygen atoms in total. The Morgan fingerprint density at radius 2 is 1.35 bits per heavy atom. The molecule has 1 atom stereocenters. The summed E-state index contributed by atoms with van der Waals surface area (Å²) in [7, 11) is 0. The lowest BCUT2D eigenvalue weighted by molar-refractivity contribution is -0.153. The van der Waals surface area contributed by atoms with Gasteiger partial charge in [0.05, 0.1) is 0 Å². The highest BCUT2D eigenvalue weighted by molar-refractivity contribution is 5.93. The molecule has 0 bridgehead atoms. The molecule has 0 spiro atoms. The Labute approximate surface area is 277 Å². The fourth-order valence-corrected chi connectivity index (χ4v) is 4.73. The number of nitrogens with one attached hydrogen (secondary N) is 1. The highest BCUT2D eigenvalue weighted by Gasteiger charge is 2.38. The Kier molecular flexibility index (Phi) is 21.5. The lowest BCUT2D eigenvalue weighted by Gasteiger charge is -2.32. The van der Waals surface area contributed by atoms with E-state index < -0.39 is 23.6 Å². The molecule has 1 amide bonds. The fraction of sp³-hybridized carbons (Fsp3) is 0.513. The second-order valence-electron chi connectivity index (χ2n) is 11.6. The Bertz CT molecular complexity index is 1170. The van der Waals surface area contributed by atoms with Gasteiger partial charge < -0.3 is 19.9 Å². The second-order valence-corrected chi connectivity index (χ2v) is 11.6. The number of carboxylic acids is 1. The van der Waals surface area contributed by atoms with E-state index in [0.717, 1.165) is 51.4 Å². The number of rotatable bonds is 24. The van der Waals surface area contributed by atoms with Gasteiger partial charge in [0.15, 0.2) is 0 Å². The number of hydrogen-bond acceptors (Lipinski definition) is 5. The van der Waals surface area contributed by atoms with Crippen molar-refractivity contribution in [2.45, 2.75) is 117 Å². The van der Waals surface area contributed by atoms with Crippen LogP contribution in [0.5, 0.6) is 5.75 Å². The van der Waals surface area contributed by atoms with Crippen LogP contribution in [0.2, 0.25) is 0 Å².